The summed E-state index contributed by atoms with van der Waals surface area (Å²) < 4.78 is 0. The number of hydrogen-bond donors (Lipinski definition) is 0. The van der Waals surface area contributed by atoms with Crippen molar-refractivity contribution < 1.29 is 9.85 Å². The van der Waals surface area contributed by atoms with E-state index in [1.807, 2.05) is 40.7 Å². The van der Waals surface area contributed by atoms with Crippen molar-refractivity contribution in [2.24, 2.45) is 0 Å². The predicted octanol–water partition coefficient (Wildman–Crippen LogP) is 3.66. The van der Waals surface area contributed by atoms with E-state index in [0.29, 0.717) is 5.56 Å². The van der Waals surface area contributed by atoms with Crippen molar-refractivity contribution in [2.75, 3.05) is 0 Å². The number of benzene rings is 1. The zero-order chi connectivity index (χ0) is 15.7. The lowest BCUT2D eigenvalue weighted by Crippen LogP contribution is -2.24. The van der Waals surface area contributed by atoms with Crippen molar-refractivity contribution >= 4 is 0 Å². The summed E-state index contributed by atoms with van der Waals surface area (Å²) >= 11 is 0. The Kier molecular flexibility index (Phi) is 4.47. The summed E-state index contributed by atoms with van der Waals surface area (Å²) in [5, 5.41) is 22.1. The summed E-state index contributed by atoms with van der Waals surface area (Å²) in [4.78, 5) is 20.4. The fourth-order valence-electron chi connectivity index (χ4n) is 2.41. The van der Waals surface area contributed by atoms with Crippen LogP contribution in [0.1, 0.15) is 63.4 Å². The fraction of sp³-hybridized carbons (Fsp3) is 0.571. The van der Waals surface area contributed by atoms with Crippen LogP contribution in [0.4, 0.5) is 0 Å². The van der Waals surface area contributed by atoms with E-state index in [2.05, 4.69) is 0 Å². The third-order valence-corrected chi connectivity index (χ3v) is 3.20. The molecule has 0 bridgehead atoms. The van der Waals surface area contributed by atoms with Crippen molar-refractivity contribution in [1.29, 1.82) is 0 Å². The highest BCUT2D eigenvalue weighted by molar-refractivity contribution is 5.42. The molecule has 6 heteroatoms. The highest BCUT2D eigenvalue weighted by atomic mass is 16.7. The van der Waals surface area contributed by atoms with Crippen LogP contribution in [-0.4, -0.2) is 9.85 Å². The quantitative estimate of drug-likeness (QED) is 0.478. The molecule has 0 aliphatic carbocycles. The lowest BCUT2D eigenvalue weighted by atomic mass is 9.78. The second kappa shape index (κ2) is 5.56. The molecule has 0 spiro atoms. The first-order chi connectivity index (χ1) is 9.07. The lowest BCUT2D eigenvalue weighted by Gasteiger charge is -2.26. The van der Waals surface area contributed by atoms with Crippen molar-refractivity contribution in [3.8, 4) is 0 Å². The maximum absolute atomic E-state index is 11.0. The summed E-state index contributed by atoms with van der Waals surface area (Å²) in [7, 11) is 0. The number of rotatable bonds is 4. The van der Waals surface area contributed by atoms with Gasteiger partial charge in [-0.2, -0.15) is 0 Å². The van der Waals surface area contributed by atoms with E-state index in [0.717, 1.165) is 5.56 Å². The third-order valence-electron chi connectivity index (χ3n) is 3.20. The molecular formula is C14H20N2O4. The molecule has 6 nitrogen and oxygen atoms in total. The van der Waals surface area contributed by atoms with E-state index in [4.69, 9.17) is 0 Å². The first kappa shape index (κ1) is 16.1. The molecule has 20 heavy (non-hydrogen) atoms. The van der Waals surface area contributed by atoms with Gasteiger partial charge in [0.25, 0.3) is 0 Å². The van der Waals surface area contributed by atoms with Crippen molar-refractivity contribution in [1.82, 2.24) is 0 Å². The molecule has 0 saturated carbocycles. The molecule has 0 unspecified atom stereocenters. The Balaban J connectivity index is 3.63. The van der Waals surface area contributed by atoms with Gasteiger partial charge in [-0.05, 0) is 28.5 Å². The van der Waals surface area contributed by atoms with Gasteiger partial charge in [0.05, 0.1) is 0 Å². The Morgan fingerprint density at radius 1 is 1.05 bits per heavy atom. The average molecular weight is 280 g/mol. The zero-order valence-corrected chi connectivity index (χ0v) is 12.4. The van der Waals surface area contributed by atoms with Gasteiger partial charge in [0.15, 0.2) is 0 Å². The van der Waals surface area contributed by atoms with E-state index >= 15 is 0 Å². The van der Waals surface area contributed by atoms with Crippen LogP contribution in [0.25, 0.3) is 0 Å². The van der Waals surface area contributed by atoms with Crippen LogP contribution in [0.5, 0.6) is 0 Å². The smallest absolute Gasteiger partial charge is 0.258 e. The topological polar surface area (TPSA) is 86.3 Å². The van der Waals surface area contributed by atoms with Gasteiger partial charge in [0.1, 0.15) is 15.4 Å². The van der Waals surface area contributed by atoms with Crippen LogP contribution >= 0.6 is 0 Å². The molecule has 1 aromatic rings. The minimum Gasteiger partial charge on any atom is -0.258 e. The van der Waals surface area contributed by atoms with Crippen LogP contribution in [0, 0.1) is 20.2 Å². The highest BCUT2D eigenvalue weighted by Crippen LogP contribution is 2.36. The zero-order valence-electron chi connectivity index (χ0n) is 12.4. The molecule has 0 radical (unpaired) electrons. The molecule has 1 rings (SSSR count). The van der Waals surface area contributed by atoms with Crippen LogP contribution in [0.15, 0.2) is 18.2 Å². The van der Waals surface area contributed by atoms with Crippen molar-refractivity contribution in [2.45, 2.75) is 52.1 Å². The van der Waals surface area contributed by atoms with Gasteiger partial charge in [-0.3, -0.25) is 20.2 Å². The van der Waals surface area contributed by atoms with E-state index in [1.54, 1.807) is 6.07 Å². The van der Waals surface area contributed by atoms with Gasteiger partial charge in [-0.25, -0.2) is 0 Å². The van der Waals surface area contributed by atoms with Gasteiger partial charge in [0.2, 0.25) is 0 Å². The molecule has 0 N–H and O–H groups in total. The second-order valence-electron chi connectivity index (χ2n) is 6.16. The van der Waals surface area contributed by atoms with E-state index in [-0.39, 0.29) is 16.9 Å². The first-order valence-corrected chi connectivity index (χ1v) is 6.47. The minimum atomic E-state index is -1.91. The Morgan fingerprint density at radius 2 is 1.55 bits per heavy atom. The Bertz CT molecular complexity index is 518. The van der Waals surface area contributed by atoms with Gasteiger partial charge in [0, 0.05) is 0 Å². The lowest BCUT2D eigenvalue weighted by molar-refractivity contribution is -0.752. The number of nitro groups is 2. The molecule has 1 aromatic carbocycles. The summed E-state index contributed by atoms with van der Waals surface area (Å²) in [5.41, 5.74) is 1.58. The van der Waals surface area contributed by atoms with Crippen molar-refractivity contribution in [3.63, 3.8) is 0 Å². The number of nitrogens with zero attached hydrogens (tertiary/aromatic N) is 2. The molecule has 0 aliphatic rings. The fourth-order valence-corrected chi connectivity index (χ4v) is 2.41. The molecule has 0 fully saturated rings. The van der Waals surface area contributed by atoms with Gasteiger partial charge in [-0.1, -0.05) is 46.8 Å². The van der Waals surface area contributed by atoms with E-state index < -0.39 is 16.0 Å². The molecule has 0 atom stereocenters. The maximum atomic E-state index is 11.0. The average Bonchev–Trinajstić information content (AvgIpc) is 2.26. The molecule has 110 valence electrons. The highest BCUT2D eigenvalue weighted by Gasteiger charge is 2.39. The second-order valence-corrected chi connectivity index (χ2v) is 6.16. The summed E-state index contributed by atoms with van der Waals surface area (Å²) in [6.07, 6.45) is -1.91. The Hall–Kier alpha value is -1.98. The minimum absolute atomic E-state index is 0.0252. The summed E-state index contributed by atoms with van der Waals surface area (Å²) in [5.74, 6) is -0.0252. The summed E-state index contributed by atoms with van der Waals surface area (Å²) in [6, 6.07) is 5.03. The SMILES string of the molecule is CC(C)c1c(C([N+](=O)[O-])[N+](=O)[O-])cccc1C(C)(C)C. The van der Waals surface area contributed by atoms with Gasteiger partial charge in [-0.15, -0.1) is 0 Å². The van der Waals surface area contributed by atoms with Crippen LogP contribution < -0.4 is 0 Å². The molecule has 0 aromatic heterocycles. The van der Waals surface area contributed by atoms with E-state index in [9.17, 15) is 20.2 Å². The van der Waals surface area contributed by atoms with Gasteiger partial charge >= 0.3 is 6.17 Å². The summed E-state index contributed by atoms with van der Waals surface area (Å²) in [6.45, 7) is 9.76. The molecule has 0 aliphatic heterocycles. The predicted molar refractivity (Wildman–Crippen MR) is 76.0 cm³/mol. The normalized spacial score (nSPS) is 11.9. The standard InChI is InChI=1S/C14H20N2O4/c1-9(2)12-10(13(15(17)18)16(19)20)7-6-8-11(12)14(3,4)5/h6-9,13H,1-5H3. The van der Waals surface area contributed by atoms with Crippen LogP contribution in [-0.2, 0) is 5.41 Å². The molecule has 0 saturated heterocycles. The Morgan fingerprint density at radius 3 is 1.90 bits per heavy atom. The van der Waals surface area contributed by atoms with Gasteiger partial charge < -0.3 is 0 Å². The number of hydrogen-bond acceptors (Lipinski definition) is 4. The van der Waals surface area contributed by atoms with Crippen LogP contribution in [0.3, 0.4) is 0 Å². The largest absolute Gasteiger partial charge is 0.476 e. The molecule has 0 heterocycles. The van der Waals surface area contributed by atoms with E-state index in [1.165, 1.54) is 6.07 Å². The monoisotopic (exact) mass is 280 g/mol. The molecule has 0 amide bonds. The Labute approximate surface area is 118 Å². The maximum Gasteiger partial charge on any atom is 0.476 e. The first-order valence-electron chi connectivity index (χ1n) is 6.47. The van der Waals surface area contributed by atoms with Crippen molar-refractivity contribution in [3.05, 3.63) is 55.1 Å². The molecular weight excluding hydrogens is 260 g/mol. The van der Waals surface area contributed by atoms with Crippen LogP contribution in [0.2, 0.25) is 0 Å². The third kappa shape index (κ3) is 3.12.